The van der Waals surface area contributed by atoms with Gasteiger partial charge in [-0.25, -0.2) is 0 Å². The molecule has 3 amide bonds. The highest BCUT2D eigenvalue weighted by molar-refractivity contribution is 6.25. The lowest BCUT2D eigenvalue weighted by atomic mass is 9.98. The summed E-state index contributed by atoms with van der Waals surface area (Å²) in [5, 5.41) is 2.84. The molecule has 0 aromatic carbocycles. The van der Waals surface area contributed by atoms with Gasteiger partial charge in [-0.1, -0.05) is 48.4 Å². The molecule has 1 N–H and O–H groups in total. The minimum Gasteiger partial charge on any atom is -0.501 e. The van der Waals surface area contributed by atoms with Crippen molar-refractivity contribution in [1.82, 2.24) is 10.2 Å². The van der Waals surface area contributed by atoms with Crippen molar-refractivity contribution in [2.45, 2.75) is 71.3 Å². The maximum atomic E-state index is 12.3. The van der Waals surface area contributed by atoms with E-state index in [1.807, 2.05) is 12.2 Å². The SMILES string of the molecule is C=CCCC/C(=C\Cl)CCC(C)/C=C/CCC(=O)NCC/C(=C\C(=O)N1C(=O)C=C[C@@H]1C)OC. The first-order valence-corrected chi connectivity index (χ1v) is 12.4. The second-order valence-electron chi connectivity index (χ2n) is 8.49. The van der Waals surface area contributed by atoms with Crippen LogP contribution in [0.3, 0.4) is 0 Å². The van der Waals surface area contributed by atoms with Crippen LogP contribution in [0, 0.1) is 5.92 Å². The number of hydrogen-bond acceptors (Lipinski definition) is 4. The Morgan fingerprint density at radius 1 is 1.26 bits per heavy atom. The highest BCUT2D eigenvalue weighted by Crippen LogP contribution is 2.19. The van der Waals surface area contributed by atoms with E-state index >= 15 is 0 Å². The number of ether oxygens (including phenoxy) is 1. The van der Waals surface area contributed by atoms with Crippen LogP contribution in [0.1, 0.15) is 65.2 Å². The Hall–Kier alpha value is -2.60. The summed E-state index contributed by atoms with van der Waals surface area (Å²) in [5.41, 5.74) is 2.97. The number of methoxy groups -OCH3 is 1. The Morgan fingerprint density at radius 3 is 2.65 bits per heavy atom. The highest BCUT2D eigenvalue weighted by Gasteiger charge is 2.27. The lowest BCUT2D eigenvalue weighted by molar-refractivity contribution is -0.139. The number of amides is 3. The molecule has 0 fully saturated rings. The van der Waals surface area contributed by atoms with Crippen molar-refractivity contribution in [3.05, 3.63) is 59.9 Å². The second kappa shape index (κ2) is 16.9. The van der Waals surface area contributed by atoms with Crippen LogP contribution in [0.25, 0.3) is 0 Å². The van der Waals surface area contributed by atoms with Crippen LogP contribution in [0.4, 0.5) is 0 Å². The van der Waals surface area contributed by atoms with E-state index in [4.69, 9.17) is 16.3 Å². The number of nitrogens with one attached hydrogen (secondary N) is 1. The molecule has 1 aliphatic heterocycles. The van der Waals surface area contributed by atoms with Crippen molar-refractivity contribution in [2.24, 2.45) is 5.92 Å². The van der Waals surface area contributed by atoms with E-state index in [9.17, 15) is 14.4 Å². The topological polar surface area (TPSA) is 75.7 Å². The van der Waals surface area contributed by atoms with Gasteiger partial charge in [0.15, 0.2) is 0 Å². The first-order chi connectivity index (χ1) is 16.3. The number of carbonyl (C=O) groups excluding carboxylic acids is 3. The van der Waals surface area contributed by atoms with Crippen molar-refractivity contribution in [3.8, 4) is 0 Å². The third-order valence-corrected chi connectivity index (χ3v) is 5.93. The molecule has 7 heteroatoms. The van der Waals surface area contributed by atoms with E-state index in [-0.39, 0.29) is 17.9 Å². The molecule has 0 saturated carbocycles. The van der Waals surface area contributed by atoms with Gasteiger partial charge < -0.3 is 10.1 Å². The summed E-state index contributed by atoms with van der Waals surface area (Å²) in [4.78, 5) is 37.4. The van der Waals surface area contributed by atoms with Crippen molar-refractivity contribution in [1.29, 1.82) is 0 Å². The number of rotatable bonds is 16. The largest absolute Gasteiger partial charge is 0.501 e. The summed E-state index contributed by atoms with van der Waals surface area (Å²) in [6, 6.07) is -0.272. The van der Waals surface area contributed by atoms with Gasteiger partial charge in [-0.3, -0.25) is 19.3 Å². The number of unbranched alkanes of at least 4 members (excludes halogenated alkanes) is 1. The normalized spacial score (nSPS) is 17.4. The van der Waals surface area contributed by atoms with E-state index in [1.165, 1.54) is 29.7 Å². The second-order valence-corrected chi connectivity index (χ2v) is 8.71. The number of halogens is 1. The molecule has 34 heavy (non-hydrogen) atoms. The fourth-order valence-electron chi connectivity index (χ4n) is 3.51. The Kier molecular flexibility index (Phi) is 14.7. The van der Waals surface area contributed by atoms with E-state index in [2.05, 4.69) is 24.9 Å². The van der Waals surface area contributed by atoms with Gasteiger partial charge in [0.1, 0.15) is 5.76 Å². The minimum absolute atomic E-state index is 0.0544. The van der Waals surface area contributed by atoms with Crippen molar-refractivity contribution in [3.63, 3.8) is 0 Å². The molecule has 0 aromatic rings. The summed E-state index contributed by atoms with van der Waals surface area (Å²) >= 11 is 5.93. The van der Waals surface area contributed by atoms with Crippen LogP contribution in [-0.2, 0) is 19.1 Å². The van der Waals surface area contributed by atoms with Gasteiger partial charge in [0.25, 0.3) is 11.8 Å². The van der Waals surface area contributed by atoms with Crippen molar-refractivity contribution >= 4 is 29.3 Å². The van der Waals surface area contributed by atoms with Gasteiger partial charge in [-0.05, 0) is 51.4 Å². The van der Waals surface area contributed by atoms with E-state index < -0.39 is 5.91 Å². The number of allylic oxidation sites excluding steroid dienone is 4. The summed E-state index contributed by atoms with van der Waals surface area (Å²) in [6.45, 7) is 8.04. The van der Waals surface area contributed by atoms with Gasteiger partial charge in [-0.15, -0.1) is 6.58 Å². The summed E-state index contributed by atoms with van der Waals surface area (Å²) in [7, 11) is 1.47. The molecular formula is C27H39ClN2O4. The zero-order chi connectivity index (χ0) is 25.3. The third kappa shape index (κ3) is 11.5. The Morgan fingerprint density at radius 2 is 2.03 bits per heavy atom. The van der Waals surface area contributed by atoms with Crippen LogP contribution in [0.2, 0.25) is 0 Å². The standard InChI is InChI=1S/C27H39ClN2O4/c1-5-6-7-11-23(20-28)15-13-21(2)10-8-9-12-25(31)29-18-17-24(34-4)19-27(33)30-22(3)14-16-26(30)32/h5,8,10,14,16,19-22H,1,6-7,9,11-13,15,17-18H2,2-4H3,(H,29,31)/b10-8+,23-20+,24-19+/t21?,22-/m0/s1. The maximum absolute atomic E-state index is 12.3. The molecule has 0 aromatic heterocycles. The maximum Gasteiger partial charge on any atom is 0.257 e. The van der Waals surface area contributed by atoms with Gasteiger partial charge in [0.2, 0.25) is 5.91 Å². The van der Waals surface area contributed by atoms with Crippen LogP contribution in [0.5, 0.6) is 0 Å². The minimum atomic E-state index is -0.421. The van der Waals surface area contributed by atoms with E-state index in [0.717, 1.165) is 32.1 Å². The Bertz CT molecular complexity index is 813. The first-order valence-electron chi connectivity index (χ1n) is 11.9. The summed E-state index contributed by atoms with van der Waals surface area (Å²) in [5.74, 6) is 0.0260. The summed E-state index contributed by atoms with van der Waals surface area (Å²) < 4.78 is 5.24. The quantitative estimate of drug-likeness (QED) is 0.133. The predicted molar refractivity (Wildman–Crippen MR) is 138 cm³/mol. The lowest BCUT2D eigenvalue weighted by Gasteiger charge is -2.18. The monoisotopic (exact) mass is 490 g/mol. The molecule has 188 valence electrons. The molecule has 2 atom stereocenters. The summed E-state index contributed by atoms with van der Waals surface area (Å²) in [6.07, 6.45) is 17.0. The van der Waals surface area contributed by atoms with E-state index in [0.29, 0.717) is 37.5 Å². The average molecular weight is 491 g/mol. The number of carbonyl (C=O) groups is 3. The molecule has 1 unspecified atom stereocenters. The molecule has 0 spiro atoms. The molecule has 1 aliphatic rings. The van der Waals surface area contributed by atoms with Crippen LogP contribution in [-0.4, -0.2) is 42.3 Å². The smallest absolute Gasteiger partial charge is 0.257 e. The predicted octanol–water partition coefficient (Wildman–Crippen LogP) is 5.57. The van der Waals surface area contributed by atoms with E-state index in [1.54, 1.807) is 18.5 Å². The van der Waals surface area contributed by atoms with Crippen molar-refractivity contribution < 1.29 is 19.1 Å². The molecule has 0 saturated heterocycles. The fraction of sp³-hybridized carbons (Fsp3) is 0.519. The zero-order valence-electron chi connectivity index (χ0n) is 20.7. The number of nitrogens with zero attached hydrogens (tertiary/aromatic N) is 1. The molecule has 1 heterocycles. The van der Waals surface area contributed by atoms with Gasteiger partial charge >= 0.3 is 0 Å². The zero-order valence-corrected chi connectivity index (χ0v) is 21.5. The molecule has 0 radical (unpaired) electrons. The molecule has 1 rings (SSSR count). The first kappa shape index (κ1) is 29.4. The van der Waals surface area contributed by atoms with Crippen LogP contribution >= 0.6 is 11.6 Å². The van der Waals surface area contributed by atoms with Gasteiger partial charge in [0, 0.05) is 37.1 Å². The lowest BCUT2D eigenvalue weighted by Crippen LogP contribution is -2.37. The van der Waals surface area contributed by atoms with Crippen LogP contribution < -0.4 is 5.32 Å². The van der Waals surface area contributed by atoms with Gasteiger partial charge in [-0.2, -0.15) is 0 Å². The molecular weight excluding hydrogens is 452 g/mol. The molecule has 0 bridgehead atoms. The fourth-order valence-corrected chi connectivity index (χ4v) is 3.73. The Labute approximate surface area is 209 Å². The third-order valence-electron chi connectivity index (χ3n) is 5.62. The average Bonchev–Trinajstić information content (AvgIpc) is 3.16. The number of imide groups is 1. The van der Waals surface area contributed by atoms with Crippen LogP contribution in [0.15, 0.2) is 59.9 Å². The van der Waals surface area contributed by atoms with Gasteiger partial charge in [0.05, 0.1) is 13.2 Å². The number of hydrogen-bond donors (Lipinski definition) is 1. The Balaban J connectivity index is 2.28. The molecule has 6 nitrogen and oxygen atoms in total. The molecule has 0 aliphatic carbocycles. The highest BCUT2D eigenvalue weighted by atomic mass is 35.5. The van der Waals surface area contributed by atoms with Crippen molar-refractivity contribution in [2.75, 3.05) is 13.7 Å².